The lowest BCUT2D eigenvalue weighted by Gasteiger charge is -2.18. The topological polar surface area (TPSA) is 49.4 Å². The SMILES string of the molecule is CNC(=O)C[C@@H]1CCN(C(=O)c2c(C)cccc2Cl)C1. The third-order valence-corrected chi connectivity index (χ3v) is 4.08. The van der Waals surface area contributed by atoms with Crippen LogP contribution in [-0.2, 0) is 4.79 Å². The third-order valence-electron chi connectivity index (χ3n) is 3.76. The number of halogens is 1. The quantitative estimate of drug-likeness (QED) is 0.929. The summed E-state index contributed by atoms with van der Waals surface area (Å²) in [6, 6.07) is 5.46. The van der Waals surface area contributed by atoms with Gasteiger partial charge in [-0.15, -0.1) is 0 Å². The second-order valence-corrected chi connectivity index (χ2v) is 5.62. The molecule has 5 heteroatoms. The van der Waals surface area contributed by atoms with E-state index in [4.69, 9.17) is 11.6 Å². The van der Waals surface area contributed by atoms with Gasteiger partial charge in [-0.1, -0.05) is 23.7 Å². The molecule has 1 aliphatic heterocycles. The normalized spacial score (nSPS) is 18.1. The molecule has 2 rings (SSSR count). The number of benzene rings is 1. The van der Waals surface area contributed by atoms with Gasteiger partial charge in [0.15, 0.2) is 0 Å². The number of amides is 2. The molecule has 1 aliphatic rings. The van der Waals surface area contributed by atoms with Gasteiger partial charge in [-0.05, 0) is 30.9 Å². The highest BCUT2D eigenvalue weighted by Gasteiger charge is 2.29. The second kappa shape index (κ2) is 6.27. The van der Waals surface area contributed by atoms with Crippen LogP contribution in [-0.4, -0.2) is 36.9 Å². The van der Waals surface area contributed by atoms with E-state index in [0.29, 0.717) is 30.1 Å². The van der Waals surface area contributed by atoms with Crippen molar-refractivity contribution in [2.24, 2.45) is 5.92 Å². The van der Waals surface area contributed by atoms with Crippen molar-refractivity contribution in [2.75, 3.05) is 20.1 Å². The van der Waals surface area contributed by atoms with Gasteiger partial charge in [-0.3, -0.25) is 9.59 Å². The Morgan fingerprint density at radius 3 is 2.85 bits per heavy atom. The Kier molecular flexibility index (Phi) is 4.65. The minimum Gasteiger partial charge on any atom is -0.359 e. The van der Waals surface area contributed by atoms with E-state index in [1.54, 1.807) is 18.0 Å². The van der Waals surface area contributed by atoms with Gasteiger partial charge in [0.25, 0.3) is 5.91 Å². The lowest BCUT2D eigenvalue weighted by molar-refractivity contribution is -0.121. The maximum atomic E-state index is 12.5. The van der Waals surface area contributed by atoms with Crippen LogP contribution >= 0.6 is 11.6 Å². The van der Waals surface area contributed by atoms with Gasteiger partial charge in [0.2, 0.25) is 5.91 Å². The van der Waals surface area contributed by atoms with Crippen LogP contribution < -0.4 is 5.32 Å². The molecule has 1 heterocycles. The summed E-state index contributed by atoms with van der Waals surface area (Å²) < 4.78 is 0. The van der Waals surface area contributed by atoms with Gasteiger partial charge < -0.3 is 10.2 Å². The molecule has 0 aromatic heterocycles. The first-order valence-electron chi connectivity index (χ1n) is 6.78. The molecule has 1 saturated heterocycles. The van der Waals surface area contributed by atoms with Gasteiger partial charge >= 0.3 is 0 Å². The Labute approximate surface area is 124 Å². The zero-order chi connectivity index (χ0) is 14.7. The van der Waals surface area contributed by atoms with Crippen molar-refractivity contribution in [1.29, 1.82) is 0 Å². The smallest absolute Gasteiger partial charge is 0.255 e. The van der Waals surface area contributed by atoms with E-state index >= 15 is 0 Å². The van der Waals surface area contributed by atoms with Crippen molar-refractivity contribution in [3.8, 4) is 0 Å². The monoisotopic (exact) mass is 294 g/mol. The lowest BCUT2D eigenvalue weighted by atomic mass is 10.0. The average molecular weight is 295 g/mol. The molecule has 1 fully saturated rings. The summed E-state index contributed by atoms with van der Waals surface area (Å²) in [4.78, 5) is 25.7. The number of nitrogens with one attached hydrogen (secondary N) is 1. The molecule has 1 aromatic carbocycles. The molecule has 108 valence electrons. The molecular weight excluding hydrogens is 276 g/mol. The van der Waals surface area contributed by atoms with Crippen molar-refractivity contribution in [3.63, 3.8) is 0 Å². The molecule has 0 spiro atoms. The van der Waals surface area contributed by atoms with E-state index in [2.05, 4.69) is 5.32 Å². The highest BCUT2D eigenvalue weighted by atomic mass is 35.5. The Bertz CT molecular complexity index is 510. The predicted octanol–water partition coefficient (Wildman–Crippen LogP) is 2.25. The summed E-state index contributed by atoms with van der Waals surface area (Å²) in [7, 11) is 1.63. The van der Waals surface area contributed by atoms with Crippen molar-refractivity contribution in [3.05, 3.63) is 34.3 Å². The Morgan fingerprint density at radius 2 is 2.20 bits per heavy atom. The summed E-state index contributed by atoms with van der Waals surface area (Å²) in [5, 5.41) is 3.11. The third kappa shape index (κ3) is 3.12. The molecule has 0 aliphatic carbocycles. The van der Waals surface area contributed by atoms with Crippen molar-refractivity contribution < 1.29 is 9.59 Å². The average Bonchev–Trinajstić information content (AvgIpc) is 2.86. The number of hydrogen-bond donors (Lipinski definition) is 1. The maximum absolute atomic E-state index is 12.5. The molecule has 0 bridgehead atoms. The summed E-state index contributed by atoms with van der Waals surface area (Å²) in [6.07, 6.45) is 1.34. The van der Waals surface area contributed by atoms with Gasteiger partial charge in [0.1, 0.15) is 0 Å². The largest absolute Gasteiger partial charge is 0.359 e. The highest BCUT2D eigenvalue weighted by Crippen LogP contribution is 2.26. The number of carbonyl (C=O) groups is 2. The van der Waals surface area contributed by atoms with Gasteiger partial charge in [-0.25, -0.2) is 0 Å². The number of carbonyl (C=O) groups excluding carboxylic acids is 2. The zero-order valence-electron chi connectivity index (χ0n) is 11.8. The molecule has 1 aromatic rings. The van der Waals surface area contributed by atoms with E-state index in [9.17, 15) is 9.59 Å². The Balaban J connectivity index is 2.06. The Hall–Kier alpha value is -1.55. The molecule has 1 atom stereocenters. The first kappa shape index (κ1) is 14.9. The lowest BCUT2D eigenvalue weighted by Crippen LogP contribution is -2.30. The van der Waals surface area contributed by atoms with Crippen LogP contribution in [0.3, 0.4) is 0 Å². The summed E-state index contributed by atoms with van der Waals surface area (Å²) in [5.74, 6) is 0.229. The standard InChI is InChI=1S/C15H19ClN2O2/c1-10-4-3-5-12(16)14(10)15(20)18-7-6-11(9-18)8-13(19)17-2/h3-5,11H,6-9H2,1-2H3,(H,17,19)/t11-/m0/s1. The van der Waals surface area contributed by atoms with E-state index in [0.717, 1.165) is 12.0 Å². The van der Waals surface area contributed by atoms with Gasteiger partial charge in [0, 0.05) is 26.6 Å². The number of rotatable bonds is 3. The molecule has 0 radical (unpaired) electrons. The number of aryl methyl sites for hydroxylation is 1. The van der Waals surface area contributed by atoms with Crippen LogP contribution in [0.25, 0.3) is 0 Å². The fourth-order valence-corrected chi connectivity index (χ4v) is 2.91. The van der Waals surface area contributed by atoms with Crippen LogP contribution in [0, 0.1) is 12.8 Å². The molecule has 1 N–H and O–H groups in total. The molecular formula is C15H19ClN2O2. The maximum Gasteiger partial charge on any atom is 0.255 e. The van der Waals surface area contributed by atoms with Crippen LogP contribution in [0.2, 0.25) is 5.02 Å². The minimum absolute atomic E-state index is 0.0261. The van der Waals surface area contributed by atoms with Crippen LogP contribution in [0.1, 0.15) is 28.8 Å². The van der Waals surface area contributed by atoms with Gasteiger partial charge in [0.05, 0.1) is 10.6 Å². The number of likely N-dealkylation sites (tertiary alicyclic amines) is 1. The van der Waals surface area contributed by atoms with Crippen molar-refractivity contribution in [2.45, 2.75) is 19.8 Å². The summed E-state index contributed by atoms with van der Waals surface area (Å²) in [5.41, 5.74) is 1.46. The van der Waals surface area contributed by atoms with E-state index in [1.807, 2.05) is 19.1 Å². The predicted molar refractivity (Wildman–Crippen MR) is 78.9 cm³/mol. The van der Waals surface area contributed by atoms with Gasteiger partial charge in [-0.2, -0.15) is 0 Å². The van der Waals surface area contributed by atoms with Crippen LogP contribution in [0.5, 0.6) is 0 Å². The molecule has 0 saturated carbocycles. The van der Waals surface area contributed by atoms with E-state index in [1.165, 1.54) is 0 Å². The second-order valence-electron chi connectivity index (χ2n) is 5.21. The molecule has 4 nitrogen and oxygen atoms in total. The fraction of sp³-hybridized carbons (Fsp3) is 0.467. The molecule has 2 amide bonds. The summed E-state index contributed by atoms with van der Waals surface area (Å²) >= 11 is 6.13. The van der Waals surface area contributed by atoms with E-state index < -0.39 is 0 Å². The molecule has 0 unspecified atom stereocenters. The van der Waals surface area contributed by atoms with Crippen molar-refractivity contribution >= 4 is 23.4 Å². The van der Waals surface area contributed by atoms with Crippen LogP contribution in [0.4, 0.5) is 0 Å². The van der Waals surface area contributed by atoms with Crippen molar-refractivity contribution in [1.82, 2.24) is 10.2 Å². The number of hydrogen-bond acceptors (Lipinski definition) is 2. The fourth-order valence-electron chi connectivity index (χ4n) is 2.61. The minimum atomic E-state index is -0.0347. The first-order valence-corrected chi connectivity index (χ1v) is 7.15. The molecule has 20 heavy (non-hydrogen) atoms. The Morgan fingerprint density at radius 1 is 1.45 bits per heavy atom. The van der Waals surface area contributed by atoms with E-state index in [-0.39, 0.29) is 17.7 Å². The van der Waals surface area contributed by atoms with Crippen LogP contribution in [0.15, 0.2) is 18.2 Å². The number of nitrogens with zero attached hydrogens (tertiary/aromatic N) is 1. The zero-order valence-corrected chi connectivity index (χ0v) is 12.5. The summed E-state index contributed by atoms with van der Waals surface area (Å²) in [6.45, 7) is 3.19. The first-order chi connectivity index (χ1) is 9.52. The highest BCUT2D eigenvalue weighted by molar-refractivity contribution is 6.34.